The third kappa shape index (κ3) is 3.39. The Labute approximate surface area is 98.8 Å². The van der Waals surface area contributed by atoms with Crippen molar-refractivity contribution >= 4 is 5.91 Å². The molecular formula is C11H16N4O2. The molecule has 1 unspecified atom stereocenters. The number of H-pyrrole nitrogens is 1. The van der Waals surface area contributed by atoms with Crippen LogP contribution in [0, 0.1) is 0 Å². The van der Waals surface area contributed by atoms with Gasteiger partial charge in [0.1, 0.15) is 5.69 Å². The van der Waals surface area contributed by atoms with Crippen LogP contribution in [0.1, 0.15) is 29.8 Å². The fourth-order valence-corrected chi connectivity index (χ4v) is 1.88. The Morgan fingerprint density at radius 1 is 1.47 bits per heavy atom. The number of amides is 1. The molecular weight excluding hydrogens is 220 g/mol. The van der Waals surface area contributed by atoms with E-state index in [1.54, 1.807) is 0 Å². The molecule has 2 rings (SSSR count). The second-order valence-electron chi connectivity index (χ2n) is 4.16. The van der Waals surface area contributed by atoms with Gasteiger partial charge >= 0.3 is 0 Å². The van der Waals surface area contributed by atoms with E-state index in [-0.39, 0.29) is 17.2 Å². The number of piperidine rings is 1. The van der Waals surface area contributed by atoms with Gasteiger partial charge in [-0.2, -0.15) is 5.10 Å². The van der Waals surface area contributed by atoms with Gasteiger partial charge in [-0.3, -0.25) is 9.59 Å². The first-order valence-corrected chi connectivity index (χ1v) is 5.83. The summed E-state index contributed by atoms with van der Waals surface area (Å²) >= 11 is 0. The fourth-order valence-electron chi connectivity index (χ4n) is 1.88. The van der Waals surface area contributed by atoms with Crippen LogP contribution in [0.25, 0.3) is 0 Å². The summed E-state index contributed by atoms with van der Waals surface area (Å²) in [7, 11) is 0. The van der Waals surface area contributed by atoms with E-state index >= 15 is 0 Å². The summed E-state index contributed by atoms with van der Waals surface area (Å²) in [5.74, 6) is -0.256. The molecule has 1 atom stereocenters. The van der Waals surface area contributed by atoms with E-state index in [1.165, 1.54) is 25.0 Å². The van der Waals surface area contributed by atoms with Gasteiger partial charge in [0.2, 0.25) is 0 Å². The van der Waals surface area contributed by atoms with Crippen molar-refractivity contribution in [2.75, 3.05) is 13.1 Å². The number of nitrogens with zero attached hydrogens (tertiary/aromatic N) is 1. The number of carbonyl (C=O) groups excluding carboxylic acids is 1. The monoisotopic (exact) mass is 236 g/mol. The third-order valence-corrected chi connectivity index (χ3v) is 2.83. The lowest BCUT2D eigenvalue weighted by Gasteiger charge is -2.23. The van der Waals surface area contributed by atoms with E-state index in [2.05, 4.69) is 20.8 Å². The van der Waals surface area contributed by atoms with Crippen LogP contribution < -0.4 is 16.2 Å². The molecule has 1 saturated heterocycles. The molecule has 1 amide bonds. The van der Waals surface area contributed by atoms with Gasteiger partial charge in [0.25, 0.3) is 11.5 Å². The Morgan fingerprint density at radius 2 is 2.35 bits per heavy atom. The molecule has 6 nitrogen and oxygen atoms in total. The lowest BCUT2D eigenvalue weighted by atomic mass is 10.1. The Balaban J connectivity index is 1.84. The molecule has 0 bridgehead atoms. The van der Waals surface area contributed by atoms with Gasteiger partial charge in [0, 0.05) is 18.7 Å². The van der Waals surface area contributed by atoms with Crippen LogP contribution in [0.2, 0.25) is 0 Å². The molecule has 2 heterocycles. The fraction of sp³-hybridized carbons (Fsp3) is 0.545. The summed E-state index contributed by atoms with van der Waals surface area (Å²) in [5.41, 5.74) is -0.0732. The predicted octanol–water partition coefficient (Wildman–Crippen LogP) is -0.358. The van der Waals surface area contributed by atoms with Crippen LogP contribution in [0.15, 0.2) is 16.9 Å². The number of hydrogen-bond donors (Lipinski definition) is 3. The lowest BCUT2D eigenvalue weighted by molar-refractivity contribution is 0.0941. The van der Waals surface area contributed by atoms with E-state index in [0.717, 1.165) is 13.0 Å². The highest BCUT2D eigenvalue weighted by atomic mass is 16.2. The van der Waals surface area contributed by atoms with Crippen molar-refractivity contribution < 1.29 is 4.79 Å². The number of aromatic nitrogens is 2. The van der Waals surface area contributed by atoms with Gasteiger partial charge in [0.05, 0.1) is 0 Å². The maximum atomic E-state index is 11.7. The summed E-state index contributed by atoms with van der Waals surface area (Å²) < 4.78 is 0. The normalized spacial score (nSPS) is 19.9. The van der Waals surface area contributed by atoms with E-state index < -0.39 is 0 Å². The second kappa shape index (κ2) is 5.58. The van der Waals surface area contributed by atoms with Crippen molar-refractivity contribution in [1.82, 2.24) is 20.8 Å². The van der Waals surface area contributed by atoms with Gasteiger partial charge < -0.3 is 10.6 Å². The Hall–Kier alpha value is -1.69. The molecule has 17 heavy (non-hydrogen) atoms. The highest BCUT2D eigenvalue weighted by Crippen LogP contribution is 2.05. The van der Waals surface area contributed by atoms with Gasteiger partial charge in [-0.15, -0.1) is 0 Å². The Bertz CT molecular complexity index is 417. The van der Waals surface area contributed by atoms with E-state index in [9.17, 15) is 9.59 Å². The van der Waals surface area contributed by atoms with Gasteiger partial charge in [0.15, 0.2) is 0 Å². The summed E-state index contributed by atoms with van der Waals surface area (Å²) in [4.78, 5) is 22.5. The van der Waals surface area contributed by atoms with Crippen LogP contribution in [0.5, 0.6) is 0 Å². The average molecular weight is 236 g/mol. The maximum Gasteiger partial charge on any atom is 0.271 e. The molecule has 1 aliphatic heterocycles. The second-order valence-corrected chi connectivity index (χ2v) is 4.16. The van der Waals surface area contributed by atoms with Gasteiger partial charge in [-0.25, -0.2) is 5.10 Å². The minimum Gasteiger partial charge on any atom is -0.349 e. The lowest BCUT2D eigenvalue weighted by Crippen LogP contribution is -2.43. The summed E-state index contributed by atoms with van der Waals surface area (Å²) in [5, 5.41) is 12.1. The molecule has 1 aliphatic rings. The molecule has 0 aliphatic carbocycles. The first kappa shape index (κ1) is 11.8. The van der Waals surface area contributed by atoms with Crippen molar-refractivity contribution in [2.24, 2.45) is 0 Å². The molecule has 6 heteroatoms. The average Bonchev–Trinajstić information content (AvgIpc) is 2.38. The zero-order valence-corrected chi connectivity index (χ0v) is 9.53. The highest BCUT2D eigenvalue weighted by molar-refractivity contribution is 5.91. The minimum absolute atomic E-state index is 0.236. The predicted molar refractivity (Wildman–Crippen MR) is 62.8 cm³/mol. The van der Waals surface area contributed by atoms with Crippen LogP contribution in [-0.2, 0) is 0 Å². The number of rotatable bonds is 3. The molecule has 3 N–H and O–H groups in total. The largest absolute Gasteiger partial charge is 0.349 e. The summed E-state index contributed by atoms with van der Waals surface area (Å²) in [6.07, 6.45) is 3.48. The van der Waals surface area contributed by atoms with Crippen LogP contribution >= 0.6 is 0 Å². The Kier molecular flexibility index (Phi) is 3.87. The zero-order chi connectivity index (χ0) is 12.1. The number of carbonyl (C=O) groups is 1. The van der Waals surface area contributed by atoms with Crippen molar-refractivity contribution in [3.05, 3.63) is 28.2 Å². The molecule has 1 fully saturated rings. The topological polar surface area (TPSA) is 86.9 Å². The molecule has 0 aromatic carbocycles. The van der Waals surface area contributed by atoms with Crippen molar-refractivity contribution in [3.63, 3.8) is 0 Å². The quantitative estimate of drug-likeness (QED) is 0.669. The Morgan fingerprint density at radius 3 is 3.00 bits per heavy atom. The SMILES string of the molecule is O=C(NCC1CCCCN1)c1ccc(=O)[nH]n1. The van der Waals surface area contributed by atoms with E-state index in [0.29, 0.717) is 12.6 Å². The highest BCUT2D eigenvalue weighted by Gasteiger charge is 2.14. The zero-order valence-electron chi connectivity index (χ0n) is 9.53. The smallest absolute Gasteiger partial charge is 0.271 e. The minimum atomic E-state index is -0.310. The summed E-state index contributed by atoms with van der Waals surface area (Å²) in [6, 6.07) is 3.05. The van der Waals surface area contributed by atoms with E-state index in [4.69, 9.17) is 0 Å². The first-order valence-electron chi connectivity index (χ1n) is 5.83. The van der Waals surface area contributed by atoms with Crippen molar-refractivity contribution in [2.45, 2.75) is 25.3 Å². The van der Waals surface area contributed by atoms with Crippen molar-refractivity contribution in [3.8, 4) is 0 Å². The summed E-state index contributed by atoms with van der Waals surface area (Å²) in [6.45, 7) is 1.61. The standard InChI is InChI=1S/C11H16N4O2/c16-10-5-4-9(14-15-10)11(17)13-7-8-3-1-2-6-12-8/h4-5,8,12H,1-3,6-7H2,(H,13,17)(H,15,16). The van der Waals surface area contributed by atoms with Crippen molar-refractivity contribution in [1.29, 1.82) is 0 Å². The third-order valence-electron chi connectivity index (χ3n) is 2.83. The molecule has 92 valence electrons. The number of nitrogens with one attached hydrogen (secondary N) is 3. The van der Waals surface area contributed by atoms with Crippen LogP contribution in [0.3, 0.4) is 0 Å². The molecule has 0 radical (unpaired) electrons. The molecule has 0 saturated carbocycles. The number of aromatic amines is 1. The molecule has 1 aromatic heterocycles. The molecule has 1 aromatic rings. The van der Waals surface area contributed by atoms with Crippen LogP contribution in [0.4, 0.5) is 0 Å². The first-order chi connectivity index (χ1) is 8.25. The van der Waals surface area contributed by atoms with Gasteiger partial charge in [-0.05, 0) is 25.5 Å². The van der Waals surface area contributed by atoms with Crippen LogP contribution in [-0.4, -0.2) is 35.2 Å². The molecule has 0 spiro atoms. The number of hydrogen-bond acceptors (Lipinski definition) is 4. The van der Waals surface area contributed by atoms with E-state index in [1.807, 2.05) is 0 Å². The van der Waals surface area contributed by atoms with Gasteiger partial charge in [-0.1, -0.05) is 6.42 Å². The maximum absolute atomic E-state index is 11.7.